The number of rotatable bonds is 1. The Bertz CT molecular complexity index is 555. The molecule has 2 saturated heterocycles. The molecular weight excluding hydrogens is 270 g/mol. The summed E-state index contributed by atoms with van der Waals surface area (Å²) in [6.07, 6.45) is -0.428. The largest absolute Gasteiger partial charge is 0.465 e. The number of carbonyl (C=O) groups is 2. The number of nitrogens with one attached hydrogen (secondary N) is 1. The van der Waals surface area contributed by atoms with Gasteiger partial charge >= 0.3 is 6.09 Å². The zero-order valence-electron chi connectivity index (χ0n) is 12.0. The summed E-state index contributed by atoms with van der Waals surface area (Å²) in [7, 11) is 0. The van der Waals surface area contributed by atoms with Gasteiger partial charge in [-0.25, -0.2) is 9.69 Å². The van der Waals surface area contributed by atoms with E-state index in [0.717, 1.165) is 23.7 Å². The van der Waals surface area contributed by atoms with Crippen LogP contribution in [0.15, 0.2) is 30.3 Å². The standard InChI is InChI=1S/C15H19N3O3/c1-11-17(14(20)21)13(19)15(7-9-16-10-8-15)18(11)12-5-3-2-4-6-12/h2-6,11,16H,7-10H2,1H3,(H,20,21). The first-order valence-corrected chi connectivity index (χ1v) is 7.19. The van der Waals surface area contributed by atoms with E-state index in [-0.39, 0.29) is 5.91 Å². The van der Waals surface area contributed by atoms with E-state index in [1.165, 1.54) is 0 Å². The smallest absolute Gasteiger partial charge is 0.415 e. The average Bonchev–Trinajstić information content (AvgIpc) is 2.69. The van der Waals surface area contributed by atoms with Crippen LogP contribution in [-0.2, 0) is 4.79 Å². The van der Waals surface area contributed by atoms with E-state index in [1.54, 1.807) is 6.92 Å². The van der Waals surface area contributed by atoms with Gasteiger partial charge in [-0.05, 0) is 45.0 Å². The van der Waals surface area contributed by atoms with Crippen molar-refractivity contribution in [1.82, 2.24) is 10.2 Å². The third-order valence-electron chi connectivity index (χ3n) is 4.50. The first-order chi connectivity index (χ1) is 10.1. The summed E-state index contributed by atoms with van der Waals surface area (Å²) >= 11 is 0. The minimum Gasteiger partial charge on any atom is -0.465 e. The molecule has 3 rings (SSSR count). The lowest BCUT2D eigenvalue weighted by Gasteiger charge is -2.41. The monoisotopic (exact) mass is 289 g/mol. The fourth-order valence-electron chi connectivity index (χ4n) is 3.56. The molecule has 1 aromatic carbocycles. The van der Waals surface area contributed by atoms with Gasteiger partial charge in [-0.2, -0.15) is 0 Å². The van der Waals surface area contributed by atoms with Gasteiger partial charge in [-0.1, -0.05) is 18.2 Å². The molecule has 0 radical (unpaired) electrons. The number of carbonyl (C=O) groups excluding carboxylic acids is 1. The first kappa shape index (κ1) is 13.9. The molecule has 112 valence electrons. The molecule has 1 spiro atoms. The number of hydrogen-bond donors (Lipinski definition) is 2. The molecular formula is C15H19N3O3. The van der Waals surface area contributed by atoms with E-state index < -0.39 is 17.8 Å². The van der Waals surface area contributed by atoms with Crippen LogP contribution in [0.2, 0.25) is 0 Å². The van der Waals surface area contributed by atoms with Gasteiger partial charge < -0.3 is 15.3 Å². The van der Waals surface area contributed by atoms with Crippen molar-refractivity contribution in [1.29, 1.82) is 0 Å². The van der Waals surface area contributed by atoms with Crippen LogP contribution >= 0.6 is 0 Å². The van der Waals surface area contributed by atoms with E-state index >= 15 is 0 Å². The van der Waals surface area contributed by atoms with Crippen molar-refractivity contribution < 1.29 is 14.7 Å². The SMILES string of the molecule is CC1N(C(=O)O)C(=O)C2(CCNCC2)N1c1ccccc1. The van der Waals surface area contributed by atoms with Crippen molar-refractivity contribution in [3.05, 3.63) is 30.3 Å². The van der Waals surface area contributed by atoms with Crippen LogP contribution in [0.5, 0.6) is 0 Å². The molecule has 0 bridgehead atoms. The van der Waals surface area contributed by atoms with Crippen LogP contribution < -0.4 is 10.2 Å². The summed E-state index contributed by atoms with van der Waals surface area (Å²) in [5.41, 5.74) is 0.147. The molecule has 6 nitrogen and oxygen atoms in total. The normalized spacial score (nSPS) is 24.6. The maximum absolute atomic E-state index is 12.8. The first-order valence-electron chi connectivity index (χ1n) is 7.19. The molecule has 6 heteroatoms. The number of amides is 2. The van der Waals surface area contributed by atoms with E-state index in [2.05, 4.69) is 5.32 Å². The lowest BCUT2D eigenvalue weighted by atomic mass is 9.86. The molecule has 2 aliphatic heterocycles. The molecule has 1 atom stereocenters. The summed E-state index contributed by atoms with van der Waals surface area (Å²) < 4.78 is 0. The number of carboxylic acid groups (broad SMARTS) is 1. The van der Waals surface area contributed by atoms with Gasteiger partial charge in [0.05, 0.1) is 0 Å². The van der Waals surface area contributed by atoms with Gasteiger partial charge in [-0.3, -0.25) is 4.79 Å². The van der Waals surface area contributed by atoms with E-state index in [1.807, 2.05) is 35.2 Å². The Morgan fingerprint density at radius 2 is 1.90 bits per heavy atom. The second kappa shape index (κ2) is 5.04. The minimum atomic E-state index is -1.18. The van der Waals surface area contributed by atoms with Crippen molar-refractivity contribution >= 4 is 17.7 Å². The van der Waals surface area contributed by atoms with E-state index in [9.17, 15) is 14.7 Å². The highest BCUT2D eigenvalue weighted by molar-refractivity contribution is 6.03. The van der Waals surface area contributed by atoms with E-state index in [0.29, 0.717) is 12.8 Å². The Labute approximate surface area is 123 Å². The molecule has 21 heavy (non-hydrogen) atoms. The number of piperidine rings is 1. The Morgan fingerprint density at radius 3 is 2.48 bits per heavy atom. The molecule has 2 amide bonds. The average molecular weight is 289 g/mol. The maximum Gasteiger partial charge on any atom is 0.415 e. The Kier molecular flexibility index (Phi) is 3.33. The lowest BCUT2D eigenvalue weighted by molar-refractivity contribution is -0.131. The predicted molar refractivity (Wildman–Crippen MR) is 78.1 cm³/mol. The molecule has 0 aliphatic carbocycles. The third kappa shape index (κ3) is 1.98. The highest BCUT2D eigenvalue weighted by Gasteiger charge is 2.58. The number of benzene rings is 1. The second-order valence-corrected chi connectivity index (χ2v) is 5.58. The highest BCUT2D eigenvalue weighted by atomic mass is 16.4. The fourth-order valence-corrected chi connectivity index (χ4v) is 3.56. The number of anilines is 1. The van der Waals surface area contributed by atoms with Gasteiger partial charge in [0.2, 0.25) is 0 Å². The molecule has 1 aromatic rings. The lowest BCUT2D eigenvalue weighted by Crippen LogP contribution is -2.56. The van der Waals surface area contributed by atoms with Crippen LogP contribution in [0, 0.1) is 0 Å². The van der Waals surface area contributed by atoms with Crippen LogP contribution in [0.4, 0.5) is 10.5 Å². The topological polar surface area (TPSA) is 72.9 Å². The van der Waals surface area contributed by atoms with Gasteiger partial charge in [0.15, 0.2) is 0 Å². The molecule has 2 heterocycles. The predicted octanol–water partition coefficient (Wildman–Crippen LogP) is 1.48. The molecule has 0 aromatic heterocycles. The summed E-state index contributed by atoms with van der Waals surface area (Å²) in [4.78, 5) is 27.2. The van der Waals surface area contributed by atoms with Gasteiger partial charge in [-0.15, -0.1) is 0 Å². The molecule has 2 N–H and O–H groups in total. The number of nitrogens with zero attached hydrogens (tertiary/aromatic N) is 2. The highest BCUT2D eigenvalue weighted by Crippen LogP contribution is 2.41. The second-order valence-electron chi connectivity index (χ2n) is 5.58. The summed E-state index contributed by atoms with van der Waals surface area (Å²) in [6, 6.07) is 9.59. The molecule has 0 saturated carbocycles. The van der Waals surface area contributed by atoms with Crippen molar-refractivity contribution in [2.24, 2.45) is 0 Å². The van der Waals surface area contributed by atoms with Crippen molar-refractivity contribution in [2.75, 3.05) is 18.0 Å². The zero-order valence-corrected chi connectivity index (χ0v) is 12.0. The molecule has 2 fully saturated rings. The fraction of sp³-hybridized carbons (Fsp3) is 0.467. The molecule has 2 aliphatic rings. The number of hydrogen-bond acceptors (Lipinski definition) is 4. The van der Waals surface area contributed by atoms with Crippen molar-refractivity contribution in [2.45, 2.75) is 31.5 Å². The van der Waals surface area contributed by atoms with Crippen LogP contribution in [-0.4, -0.2) is 46.8 Å². The number of para-hydroxylation sites is 1. The minimum absolute atomic E-state index is 0.298. The quantitative estimate of drug-likeness (QED) is 0.819. The van der Waals surface area contributed by atoms with Crippen molar-refractivity contribution in [3.8, 4) is 0 Å². The van der Waals surface area contributed by atoms with Crippen LogP contribution in [0.1, 0.15) is 19.8 Å². The van der Waals surface area contributed by atoms with E-state index in [4.69, 9.17) is 0 Å². The van der Waals surface area contributed by atoms with Crippen LogP contribution in [0.25, 0.3) is 0 Å². The Balaban J connectivity index is 2.09. The number of imide groups is 1. The third-order valence-corrected chi connectivity index (χ3v) is 4.50. The summed E-state index contributed by atoms with van der Waals surface area (Å²) in [5, 5.41) is 12.6. The van der Waals surface area contributed by atoms with Gasteiger partial charge in [0.1, 0.15) is 11.7 Å². The van der Waals surface area contributed by atoms with Gasteiger partial charge in [0.25, 0.3) is 5.91 Å². The maximum atomic E-state index is 12.8. The zero-order chi connectivity index (χ0) is 15.0. The Morgan fingerprint density at radius 1 is 1.29 bits per heavy atom. The van der Waals surface area contributed by atoms with Crippen molar-refractivity contribution in [3.63, 3.8) is 0 Å². The summed E-state index contributed by atoms with van der Waals surface area (Å²) in [5.74, 6) is -0.298. The molecule has 1 unspecified atom stereocenters. The Hall–Kier alpha value is -2.08. The van der Waals surface area contributed by atoms with Gasteiger partial charge in [0, 0.05) is 5.69 Å². The van der Waals surface area contributed by atoms with Crippen LogP contribution in [0.3, 0.4) is 0 Å². The summed E-state index contributed by atoms with van der Waals surface area (Å²) in [6.45, 7) is 3.21.